The molecule has 1 rings (SSSR count). The lowest BCUT2D eigenvalue weighted by Gasteiger charge is -2.28. The number of amides is 4. The van der Waals surface area contributed by atoms with E-state index in [1.165, 1.54) is 0 Å². The zero-order valence-electron chi connectivity index (χ0n) is 22.7. The van der Waals surface area contributed by atoms with Crippen LogP contribution in [-0.2, 0) is 38.4 Å². The van der Waals surface area contributed by atoms with E-state index < -0.39 is 103 Å². The van der Waals surface area contributed by atoms with Gasteiger partial charge in [0.05, 0.1) is 18.9 Å². The highest BCUT2D eigenvalue weighted by Crippen LogP contribution is 2.27. The molecule has 0 aromatic carbocycles. The fourth-order valence-corrected chi connectivity index (χ4v) is 4.38. The van der Waals surface area contributed by atoms with E-state index in [2.05, 4.69) is 21.3 Å². The van der Waals surface area contributed by atoms with Crippen molar-refractivity contribution in [2.24, 2.45) is 11.8 Å². The van der Waals surface area contributed by atoms with E-state index in [1.54, 1.807) is 13.8 Å². The number of carboxylic acids is 3. The summed E-state index contributed by atoms with van der Waals surface area (Å²) >= 11 is 0. The molecule has 224 valence electrons. The summed E-state index contributed by atoms with van der Waals surface area (Å²) < 4.78 is 0. The number of nitrogens with one attached hydrogen (secondary N) is 4. The first-order chi connectivity index (χ1) is 18.6. The van der Waals surface area contributed by atoms with Gasteiger partial charge in [0.2, 0.25) is 23.6 Å². The molecule has 15 nitrogen and oxygen atoms in total. The Morgan fingerprint density at radius 1 is 0.675 bits per heavy atom. The van der Waals surface area contributed by atoms with Gasteiger partial charge in [-0.25, -0.2) is 0 Å². The Balaban J connectivity index is 3.10. The normalized spacial score (nSPS) is 16.2. The third-order valence-corrected chi connectivity index (χ3v) is 6.40. The Kier molecular flexibility index (Phi) is 13.7. The fourth-order valence-electron chi connectivity index (χ4n) is 4.38. The van der Waals surface area contributed by atoms with Crippen LogP contribution in [0.25, 0.3) is 0 Å². The molecule has 0 heterocycles. The molecule has 1 aliphatic carbocycles. The topological polar surface area (TPSA) is 245 Å². The molecule has 1 aliphatic rings. The number of ketones is 1. The standard InChI is InChI=1S/C25H38N4O11/c1-12(2)21(25(40)28-16(10-19(33)34)22(37)14-6-4-5-7-14)29-23(38)15(8-9-18(31)32)27-24(39)17(11-20(35)36)26-13(3)30/h12,14-17,21H,4-11H2,1-3H3,(H,26,30)(H,27,39)(H,28,40)(H,29,38)(H,31,32)(H,33,34)(H,35,36)/t15-,16-,17-,21-/m0/s1. The molecule has 4 amide bonds. The summed E-state index contributed by atoms with van der Waals surface area (Å²) in [6, 6.07) is -5.70. The molecule has 1 fully saturated rings. The maximum absolute atomic E-state index is 13.1. The molecule has 40 heavy (non-hydrogen) atoms. The zero-order chi connectivity index (χ0) is 30.6. The molecule has 1 saturated carbocycles. The highest BCUT2D eigenvalue weighted by atomic mass is 16.4. The Morgan fingerprint density at radius 3 is 1.65 bits per heavy atom. The SMILES string of the molecule is CC(=O)N[C@@H](CC(=O)O)C(=O)N[C@@H](CCC(=O)O)C(=O)N[C@H](C(=O)N[C@@H](CC(=O)O)C(=O)C1CCCC1)C(C)C. The van der Waals surface area contributed by atoms with Gasteiger partial charge in [0.25, 0.3) is 0 Å². The van der Waals surface area contributed by atoms with Gasteiger partial charge in [-0.3, -0.25) is 38.4 Å². The number of Topliss-reactive ketones (excluding diaryl/α,β-unsaturated/α-hetero) is 1. The summed E-state index contributed by atoms with van der Waals surface area (Å²) in [6.07, 6.45) is 0.336. The lowest BCUT2D eigenvalue weighted by Crippen LogP contribution is -2.59. The predicted octanol–water partition coefficient (Wildman–Crippen LogP) is -0.825. The van der Waals surface area contributed by atoms with Crippen LogP contribution in [0.3, 0.4) is 0 Å². The molecule has 0 radical (unpaired) electrons. The van der Waals surface area contributed by atoms with Crippen LogP contribution in [-0.4, -0.2) is 86.8 Å². The summed E-state index contributed by atoms with van der Waals surface area (Å²) in [6.45, 7) is 4.19. The van der Waals surface area contributed by atoms with Crippen LogP contribution in [0.2, 0.25) is 0 Å². The summed E-state index contributed by atoms with van der Waals surface area (Å²) in [5.41, 5.74) is 0. The van der Waals surface area contributed by atoms with Crippen molar-refractivity contribution < 1.29 is 53.7 Å². The summed E-state index contributed by atoms with van der Waals surface area (Å²) in [7, 11) is 0. The molecule has 0 unspecified atom stereocenters. The second-order valence-corrected chi connectivity index (χ2v) is 10.1. The number of carbonyl (C=O) groups excluding carboxylic acids is 5. The van der Waals surface area contributed by atoms with Crippen molar-refractivity contribution in [1.82, 2.24) is 21.3 Å². The molecule has 0 spiro atoms. The molecule has 7 N–H and O–H groups in total. The molecule has 4 atom stereocenters. The van der Waals surface area contributed by atoms with E-state index in [0.29, 0.717) is 12.8 Å². The maximum atomic E-state index is 13.1. The highest BCUT2D eigenvalue weighted by Gasteiger charge is 2.36. The van der Waals surface area contributed by atoms with Crippen molar-refractivity contribution in [3.63, 3.8) is 0 Å². The van der Waals surface area contributed by atoms with E-state index in [9.17, 15) is 43.5 Å². The van der Waals surface area contributed by atoms with Crippen LogP contribution < -0.4 is 21.3 Å². The Hall–Kier alpha value is -4.04. The molecule has 15 heteroatoms. The van der Waals surface area contributed by atoms with Crippen molar-refractivity contribution >= 4 is 47.3 Å². The molecule has 0 aliphatic heterocycles. The Morgan fingerprint density at radius 2 is 1.18 bits per heavy atom. The minimum absolute atomic E-state index is 0.380. The van der Waals surface area contributed by atoms with E-state index in [-0.39, 0.29) is 5.92 Å². The number of carboxylic acid groups (broad SMARTS) is 3. The Bertz CT molecular complexity index is 975. The van der Waals surface area contributed by atoms with Crippen molar-refractivity contribution in [2.45, 2.75) is 96.3 Å². The third kappa shape index (κ3) is 11.8. The van der Waals surface area contributed by atoms with E-state index in [0.717, 1.165) is 19.8 Å². The Labute approximate surface area is 230 Å². The summed E-state index contributed by atoms with van der Waals surface area (Å²) in [5.74, 6) is -8.96. The maximum Gasteiger partial charge on any atom is 0.305 e. The smallest absolute Gasteiger partial charge is 0.305 e. The van der Waals surface area contributed by atoms with Crippen LogP contribution in [0, 0.1) is 11.8 Å². The quantitative estimate of drug-likeness (QED) is 0.114. The van der Waals surface area contributed by atoms with E-state index >= 15 is 0 Å². The average Bonchev–Trinajstić information content (AvgIpc) is 3.37. The van der Waals surface area contributed by atoms with E-state index in [4.69, 9.17) is 10.2 Å². The van der Waals surface area contributed by atoms with Gasteiger partial charge >= 0.3 is 17.9 Å². The monoisotopic (exact) mass is 570 g/mol. The van der Waals surface area contributed by atoms with Gasteiger partial charge < -0.3 is 36.6 Å². The summed E-state index contributed by atoms with van der Waals surface area (Å²) in [5, 5.41) is 36.6. The van der Waals surface area contributed by atoms with Crippen LogP contribution in [0.1, 0.15) is 72.1 Å². The molecular formula is C25H38N4O11. The van der Waals surface area contributed by atoms with Crippen LogP contribution in [0.4, 0.5) is 0 Å². The molecule has 0 bridgehead atoms. The number of rotatable bonds is 17. The van der Waals surface area contributed by atoms with Crippen LogP contribution in [0.15, 0.2) is 0 Å². The van der Waals surface area contributed by atoms with Gasteiger partial charge in [-0.1, -0.05) is 26.7 Å². The molecule has 0 saturated heterocycles. The number of hydrogen-bond donors (Lipinski definition) is 7. The van der Waals surface area contributed by atoms with Crippen molar-refractivity contribution in [3.05, 3.63) is 0 Å². The minimum Gasteiger partial charge on any atom is -0.481 e. The van der Waals surface area contributed by atoms with Crippen molar-refractivity contribution in [3.8, 4) is 0 Å². The van der Waals surface area contributed by atoms with Gasteiger partial charge in [0.15, 0.2) is 5.78 Å². The first kappa shape index (κ1) is 34.0. The van der Waals surface area contributed by atoms with Crippen LogP contribution in [0.5, 0.6) is 0 Å². The van der Waals surface area contributed by atoms with Crippen molar-refractivity contribution in [1.29, 1.82) is 0 Å². The number of carbonyl (C=O) groups is 8. The van der Waals surface area contributed by atoms with Crippen LogP contribution >= 0.6 is 0 Å². The zero-order valence-corrected chi connectivity index (χ0v) is 22.7. The lowest BCUT2D eigenvalue weighted by atomic mass is 9.93. The van der Waals surface area contributed by atoms with E-state index in [1.807, 2.05) is 0 Å². The van der Waals surface area contributed by atoms with Gasteiger partial charge in [0, 0.05) is 19.3 Å². The van der Waals surface area contributed by atoms with Gasteiger partial charge in [-0.2, -0.15) is 0 Å². The second-order valence-electron chi connectivity index (χ2n) is 10.1. The second kappa shape index (κ2) is 16.2. The molecular weight excluding hydrogens is 532 g/mol. The van der Waals surface area contributed by atoms with Crippen molar-refractivity contribution in [2.75, 3.05) is 0 Å². The van der Waals surface area contributed by atoms with Gasteiger partial charge in [-0.05, 0) is 25.2 Å². The third-order valence-electron chi connectivity index (χ3n) is 6.40. The number of hydrogen-bond acceptors (Lipinski definition) is 8. The predicted molar refractivity (Wildman–Crippen MR) is 137 cm³/mol. The number of aliphatic carboxylic acids is 3. The average molecular weight is 571 g/mol. The summed E-state index contributed by atoms with van der Waals surface area (Å²) in [4.78, 5) is 96.9. The largest absolute Gasteiger partial charge is 0.481 e. The highest BCUT2D eigenvalue weighted by molar-refractivity contribution is 5.97. The van der Waals surface area contributed by atoms with Gasteiger partial charge in [0.1, 0.15) is 18.1 Å². The lowest BCUT2D eigenvalue weighted by molar-refractivity contribution is -0.142. The minimum atomic E-state index is -1.56. The van der Waals surface area contributed by atoms with Gasteiger partial charge in [-0.15, -0.1) is 0 Å². The fraction of sp³-hybridized carbons (Fsp3) is 0.680. The first-order valence-electron chi connectivity index (χ1n) is 13.0. The molecule has 0 aromatic heterocycles. The first-order valence-corrected chi connectivity index (χ1v) is 13.0. The molecule has 0 aromatic rings.